The monoisotopic (exact) mass is 330 g/mol. The zero-order valence-corrected chi connectivity index (χ0v) is 14.3. The van der Waals surface area contributed by atoms with E-state index in [1.807, 2.05) is 31.0 Å². The summed E-state index contributed by atoms with van der Waals surface area (Å²) in [4.78, 5) is 14.4. The molecule has 5 heteroatoms. The van der Waals surface area contributed by atoms with Gasteiger partial charge in [-0.2, -0.15) is 0 Å². The van der Waals surface area contributed by atoms with Crippen LogP contribution in [-0.4, -0.2) is 37.5 Å². The van der Waals surface area contributed by atoms with Gasteiger partial charge in [-0.3, -0.25) is 4.79 Å². The van der Waals surface area contributed by atoms with Gasteiger partial charge in [0.25, 0.3) is 5.91 Å². The number of carbonyl (C=O) groups is 1. The van der Waals surface area contributed by atoms with Gasteiger partial charge in [0.2, 0.25) is 0 Å². The second kappa shape index (κ2) is 8.62. The van der Waals surface area contributed by atoms with E-state index in [2.05, 4.69) is 5.32 Å². The first-order chi connectivity index (χ1) is 9.61. The van der Waals surface area contributed by atoms with Crippen molar-refractivity contribution in [3.63, 3.8) is 0 Å². The predicted octanol–water partition coefficient (Wildman–Crippen LogP) is 3.53. The molecule has 0 atom stereocenters. The number of rotatable bonds is 4. The standard InChI is InChI=1S/C16H23ClN2O.ClH/c1-12-3-4-14(11-15(12)17)16(20)19-9-6-13(7-10-19)5-8-18-2;/h3-4,11,13,18H,5-10H2,1-2H3;1H. The Kier molecular flexibility index (Phi) is 7.50. The lowest BCUT2D eigenvalue weighted by atomic mass is 9.93. The fourth-order valence-corrected chi connectivity index (χ4v) is 2.86. The zero-order chi connectivity index (χ0) is 14.5. The van der Waals surface area contributed by atoms with Gasteiger partial charge in [-0.05, 0) is 63.4 Å². The fourth-order valence-electron chi connectivity index (χ4n) is 2.68. The molecule has 1 fully saturated rings. The van der Waals surface area contributed by atoms with Crippen molar-refractivity contribution in [2.45, 2.75) is 26.2 Å². The van der Waals surface area contributed by atoms with Crippen LogP contribution < -0.4 is 5.32 Å². The van der Waals surface area contributed by atoms with Gasteiger partial charge in [-0.15, -0.1) is 12.4 Å². The van der Waals surface area contributed by atoms with Crippen molar-refractivity contribution in [2.75, 3.05) is 26.7 Å². The topological polar surface area (TPSA) is 32.3 Å². The first-order valence-corrected chi connectivity index (χ1v) is 7.69. The quantitative estimate of drug-likeness (QED) is 0.915. The number of benzene rings is 1. The molecular formula is C16H24Cl2N2O. The normalized spacial score (nSPS) is 15.7. The summed E-state index contributed by atoms with van der Waals surface area (Å²) in [5, 5.41) is 3.86. The molecule has 1 amide bonds. The van der Waals surface area contributed by atoms with Gasteiger partial charge in [-0.25, -0.2) is 0 Å². The molecule has 0 unspecified atom stereocenters. The van der Waals surface area contributed by atoms with Gasteiger partial charge < -0.3 is 10.2 Å². The highest BCUT2D eigenvalue weighted by molar-refractivity contribution is 6.31. The van der Waals surface area contributed by atoms with Gasteiger partial charge in [0.1, 0.15) is 0 Å². The molecule has 2 rings (SSSR count). The minimum absolute atomic E-state index is 0. The highest BCUT2D eigenvalue weighted by Gasteiger charge is 2.23. The third-order valence-electron chi connectivity index (χ3n) is 4.12. The van der Waals surface area contributed by atoms with E-state index in [9.17, 15) is 4.79 Å². The minimum Gasteiger partial charge on any atom is -0.339 e. The van der Waals surface area contributed by atoms with Crippen molar-refractivity contribution in [2.24, 2.45) is 5.92 Å². The molecule has 0 aromatic heterocycles. The number of hydrogen-bond donors (Lipinski definition) is 1. The van der Waals surface area contributed by atoms with E-state index < -0.39 is 0 Å². The molecule has 1 aliphatic heterocycles. The predicted molar refractivity (Wildman–Crippen MR) is 90.6 cm³/mol. The van der Waals surface area contributed by atoms with E-state index >= 15 is 0 Å². The summed E-state index contributed by atoms with van der Waals surface area (Å²) in [5.41, 5.74) is 1.71. The van der Waals surface area contributed by atoms with Crippen molar-refractivity contribution in [3.05, 3.63) is 34.3 Å². The van der Waals surface area contributed by atoms with Crippen molar-refractivity contribution in [1.82, 2.24) is 10.2 Å². The smallest absolute Gasteiger partial charge is 0.253 e. The first-order valence-electron chi connectivity index (χ1n) is 7.32. The number of hydrogen-bond acceptors (Lipinski definition) is 2. The molecule has 1 aromatic rings. The van der Waals surface area contributed by atoms with Crippen molar-refractivity contribution in [1.29, 1.82) is 0 Å². The summed E-state index contributed by atoms with van der Waals surface area (Å²) >= 11 is 6.10. The van der Waals surface area contributed by atoms with E-state index in [1.165, 1.54) is 6.42 Å². The van der Waals surface area contributed by atoms with Crippen molar-refractivity contribution in [3.8, 4) is 0 Å². The van der Waals surface area contributed by atoms with E-state index in [4.69, 9.17) is 11.6 Å². The average molecular weight is 331 g/mol. The van der Waals surface area contributed by atoms with Gasteiger partial charge in [-0.1, -0.05) is 17.7 Å². The number of amides is 1. The molecule has 1 N–H and O–H groups in total. The number of aryl methyl sites for hydroxylation is 1. The van der Waals surface area contributed by atoms with E-state index in [1.54, 1.807) is 6.07 Å². The van der Waals surface area contributed by atoms with Crippen molar-refractivity contribution >= 4 is 29.9 Å². The first kappa shape index (κ1) is 18.3. The third-order valence-corrected chi connectivity index (χ3v) is 4.53. The van der Waals surface area contributed by atoms with Crippen LogP contribution in [0.15, 0.2) is 18.2 Å². The van der Waals surface area contributed by atoms with Gasteiger partial charge >= 0.3 is 0 Å². The Morgan fingerprint density at radius 2 is 2.05 bits per heavy atom. The maximum absolute atomic E-state index is 12.4. The molecule has 1 aliphatic rings. The van der Waals surface area contributed by atoms with Crippen LogP contribution in [0.3, 0.4) is 0 Å². The molecular weight excluding hydrogens is 307 g/mol. The van der Waals surface area contributed by atoms with Crippen LogP contribution in [-0.2, 0) is 0 Å². The van der Waals surface area contributed by atoms with Crippen LogP contribution >= 0.6 is 24.0 Å². The number of piperidine rings is 1. The summed E-state index contributed by atoms with van der Waals surface area (Å²) < 4.78 is 0. The van der Waals surface area contributed by atoms with Crippen LogP contribution in [0, 0.1) is 12.8 Å². The van der Waals surface area contributed by atoms with Crippen LogP contribution in [0.2, 0.25) is 5.02 Å². The van der Waals surface area contributed by atoms with E-state index in [0.717, 1.165) is 44.0 Å². The molecule has 3 nitrogen and oxygen atoms in total. The molecule has 1 saturated heterocycles. The van der Waals surface area contributed by atoms with Crippen LogP contribution in [0.4, 0.5) is 0 Å². The SMILES string of the molecule is CNCCC1CCN(C(=O)c2ccc(C)c(Cl)c2)CC1.Cl. The lowest BCUT2D eigenvalue weighted by Crippen LogP contribution is -2.39. The van der Waals surface area contributed by atoms with Gasteiger partial charge in [0.05, 0.1) is 0 Å². The van der Waals surface area contributed by atoms with Crippen LogP contribution in [0.25, 0.3) is 0 Å². The van der Waals surface area contributed by atoms with Gasteiger partial charge in [0, 0.05) is 23.7 Å². The highest BCUT2D eigenvalue weighted by atomic mass is 35.5. The zero-order valence-electron chi connectivity index (χ0n) is 12.7. The Balaban J connectivity index is 0.00000220. The summed E-state index contributed by atoms with van der Waals surface area (Å²) in [6.45, 7) is 4.73. The van der Waals surface area contributed by atoms with Gasteiger partial charge in [0.15, 0.2) is 0 Å². The number of nitrogens with zero attached hydrogens (tertiary/aromatic N) is 1. The Bertz CT molecular complexity index is 471. The molecule has 1 aromatic carbocycles. The van der Waals surface area contributed by atoms with Crippen molar-refractivity contribution < 1.29 is 4.79 Å². The summed E-state index contributed by atoms with van der Waals surface area (Å²) in [6.07, 6.45) is 3.41. The molecule has 0 aliphatic carbocycles. The lowest BCUT2D eigenvalue weighted by molar-refractivity contribution is 0.0687. The van der Waals surface area contributed by atoms with E-state index in [-0.39, 0.29) is 18.3 Å². The Hall–Kier alpha value is -0.770. The molecule has 0 saturated carbocycles. The Labute approximate surface area is 138 Å². The maximum atomic E-state index is 12.4. The number of halogens is 2. The summed E-state index contributed by atoms with van der Waals surface area (Å²) in [6, 6.07) is 5.57. The fraction of sp³-hybridized carbons (Fsp3) is 0.562. The lowest BCUT2D eigenvalue weighted by Gasteiger charge is -2.32. The average Bonchev–Trinajstić information content (AvgIpc) is 2.48. The second-order valence-electron chi connectivity index (χ2n) is 5.59. The minimum atomic E-state index is 0. The third kappa shape index (κ3) is 4.87. The molecule has 1 heterocycles. The molecule has 21 heavy (non-hydrogen) atoms. The number of nitrogens with one attached hydrogen (secondary N) is 1. The number of carbonyl (C=O) groups excluding carboxylic acids is 1. The number of likely N-dealkylation sites (tertiary alicyclic amines) is 1. The largest absolute Gasteiger partial charge is 0.339 e. The Morgan fingerprint density at radius 1 is 1.38 bits per heavy atom. The molecule has 0 spiro atoms. The van der Waals surface area contributed by atoms with E-state index in [0.29, 0.717) is 10.6 Å². The molecule has 118 valence electrons. The Morgan fingerprint density at radius 3 is 2.62 bits per heavy atom. The highest BCUT2D eigenvalue weighted by Crippen LogP contribution is 2.23. The summed E-state index contributed by atoms with van der Waals surface area (Å²) in [5.74, 6) is 0.854. The summed E-state index contributed by atoms with van der Waals surface area (Å²) in [7, 11) is 1.99. The maximum Gasteiger partial charge on any atom is 0.253 e. The molecule has 0 bridgehead atoms. The second-order valence-corrected chi connectivity index (χ2v) is 6.00. The van der Waals surface area contributed by atoms with Crippen LogP contribution in [0.1, 0.15) is 35.2 Å². The molecule has 0 radical (unpaired) electrons. The van der Waals surface area contributed by atoms with Crippen LogP contribution in [0.5, 0.6) is 0 Å².